The number of nitrogens with two attached hydrogens (primary N) is 1. The SMILES string of the molecule is CC(C)(C)N1C(=O)c2ccc(C(=O)Oc3ccc(C(=O)Oc4ccc(OC(=O)c5ccc(OC(=O)c6ccc7c(c6)CN(N)C7=O)cc5)cc4)cc3)cc2C1=O. The lowest BCUT2D eigenvalue weighted by Gasteiger charge is -2.29. The van der Waals surface area contributed by atoms with Gasteiger partial charge in [-0.05, 0) is 136 Å². The standard InChI is InChI=1S/C42H31N3O11/c1-42(2,3)45-36(47)33-19-9-26(21-34(33)37(45)48)41(52)56-29-12-6-24(7-13-29)39(50)54-31-16-14-30(15-17-31)53-38(49)23-4-10-28(11-5-23)55-40(51)25-8-18-32-27(20-25)22-44(43)35(32)46/h4-21H,22,43H2,1-3H3. The number of hydrogen-bond donors (Lipinski definition) is 1. The Morgan fingerprint density at radius 2 is 0.839 bits per heavy atom. The summed E-state index contributed by atoms with van der Waals surface area (Å²) in [5.74, 6) is 2.27. The summed E-state index contributed by atoms with van der Waals surface area (Å²) in [6, 6.07) is 25.8. The summed E-state index contributed by atoms with van der Waals surface area (Å²) in [5, 5.41) is 1.06. The zero-order valence-electron chi connectivity index (χ0n) is 30.1. The third kappa shape index (κ3) is 7.36. The number of carbonyl (C=O) groups is 7. The molecule has 56 heavy (non-hydrogen) atoms. The van der Waals surface area contributed by atoms with Gasteiger partial charge in [0.1, 0.15) is 23.0 Å². The van der Waals surface area contributed by atoms with Crippen LogP contribution in [0.4, 0.5) is 0 Å². The van der Waals surface area contributed by atoms with Crippen LogP contribution in [0.3, 0.4) is 0 Å². The second-order valence-electron chi connectivity index (χ2n) is 13.8. The van der Waals surface area contributed by atoms with Crippen LogP contribution in [-0.2, 0) is 6.54 Å². The monoisotopic (exact) mass is 753 g/mol. The number of benzene rings is 5. The van der Waals surface area contributed by atoms with Crippen LogP contribution in [0.2, 0.25) is 0 Å². The number of amides is 3. The molecular weight excluding hydrogens is 722 g/mol. The Balaban J connectivity index is 0.897. The van der Waals surface area contributed by atoms with Gasteiger partial charge in [0.25, 0.3) is 17.7 Å². The highest BCUT2D eigenvalue weighted by Gasteiger charge is 2.42. The van der Waals surface area contributed by atoms with Crippen molar-refractivity contribution in [1.82, 2.24) is 9.91 Å². The third-order valence-electron chi connectivity index (χ3n) is 8.81. The molecule has 0 atom stereocenters. The largest absolute Gasteiger partial charge is 0.423 e. The van der Waals surface area contributed by atoms with Crippen molar-refractivity contribution >= 4 is 41.6 Å². The van der Waals surface area contributed by atoms with Crippen LogP contribution >= 0.6 is 0 Å². The Labute approximate surface area is 318 Å². The first kappa shape index (κ1) is 36.9. The van der Waals surface area contributed by atoms with Crippen molar-refractivity contribution in [1.29, 1.82) is 0 Å². The molecule has 0 unspecified atom stereocenters. The Morgan fingerprint density at radius 3 is 1.29 bits per heavy atom. The van der Waals surface area contributed by atoms with Crippen LogP contribution in [0.25, 0.3) is 0 Å². The molecule has 2 heterocycles. The number of hydrazine groups is 1. The molecule has 7 rings (SSSR count). The summed E-state index contributed by atoms with van der Waals surface area (Å²) in [6.45, 7) is 5.42. The molecule has 0 saturated carbocycles. The van der Waals surface area contributed by atoms with Crippen molar-refractivity contribution in [2.45, 2.75) is 32.9 Å². The molecule has 14 nitrogen and oxygen atoms in total. The molecule has 0 bridgehead atoms. The number of esters is 4. The fourth-order valence-electron chi connectivity index (χ4n) is 6.00. The van der Waals surface area contributed by atoms with E-state index in [9.17, 15) is 33.6 Å². The van der Waals surface area contributed by atoms with Gasteiger partial charge in [0.05, 0.1) is 39.9 Å². The van der Waals surface area contributed by atoms with E-state index in [1.165, 1.54) is 103 Å². The summed E-state index contributed by atoms with van der Waals surface area (Å²) < 4.78 is 21.7. The average Bonchev–Trinajstić information content (AvgIpc) is 3.61. The number of imide groups is 1. The molecule has 14 heteroatoms. The normalized spacial score (nSPS) is 13.2. The van der Waals surface area contributed by atoms with Gasteiger partial charge in [-0.3, -0.25) is 24.3 Å². The van der Waals surface area contributed by atoms with Gasteiger partial charge in [-0.15, -0.1) is 0 Å². The molecule has 2 N–H and O–H groups in total. The lowest BCUT2D eigenvalue weighted by Crippen LogP contribution is -2.45. The van der Waals surface area contributed by atoms with Crippen LogP contribution < -0.4 is 24.8 Å². The molecule has 0 radical (unpaired) electrons. The maximum absolute atomic E-state index is 12.9. The van der Waals surface area contributed by atoms with Crippen molar-refractivity contribution in [2.75, 3.05) is 0 Å². The van der Waals surface area contributed by atoms with Crippen LogP contribution in [-0.4, -0.2) is 57.0 Å². The zero-order chi connectivity index (χ0) is 39.9. The Bertz CT molecular complexity index is 2470. The summed E-state index contributed by atoms with van der Waals surface area (Å²) in [4.78, 5) is 89.9. The van der Waals surface area contributed by atoms with E-state index >= 15 is 0 Å². The average molecular weight is 754 g/mol. The molecule has 0 aromatic heterocycles. The second-order valence-corrected chi connectivity index (χ2v) is 13.8. The summed E-state index contributed by atoms with van der Waals surface area (Å²) in [7, 11) is 0. The van der Waals surface area contributed by atoms with Crippen LogP contribution in [0, 0.1) is 0 Å². The molecule has 0 aliphatic carbocycles. The minimum absolute atomic E-state index is 0.0765. The van der Waals surface area contributed by atoms with Gasteiger partial charge in [0, 0.05) is 11.1 Å². The Hall–Kier alpha value is -7.45. The first-order valence-corrected chi connectivity index (χ1v) is 17.1. The van der Waals surface area contributed by atoms with Gasteiger partial charge in [-0.1, -0.05) is 0 Å². The summed E-state index contributed by atoms with van der Waals surface area (Å²) in [5.41, 5.74) is 1.29. The summed E-state index contributed by atoms with van der Waals surface area (Å²) in [6.07, 6.45) is 0. The third-order valence-corrected chi connectivity index (χ3v) is 8.81. The van der Waals surface area contributed by atoms with Gasteiger partial charge >= 0.3 is 23.9 Å². The van der Waals surface area contributed by atoms with Crippen molar-refractivity contribution in [3.8, 4) is 23.0 Å². The van der Waals surface area contributed by atoms with Crippen LogP contribution in [0.15, 0.2) is 109 Å². The molecule has 0 spiro atoms. The highest BCUT2D eigenvalue weighted by Crippen LogP contribution is 2.31. The van der Waals surface area contributed by atoms with Gasteiger partial charge in [0.15, 0.2) is 0 Å². The van der Waals surface area contributed by atoms with Crippen LogP contribution in [0.1, 0.15) is 98.8 Å². The lowest BCUT2D eigenvalue weighted by atomic mass is 10.1. The zero-order valence-corrected chi connectivity index (χ0v) is 30.1. The Morgan fingerprint density at radius 1 is 0.482 bits per heavy atom. The number of hydrogen-bond acceptors (Lipinski definition) is 12. The van der Waals surface area contributed by atoms with Gasteiger partial charge in [0.2, 0.25) is 0 Å². The van der Waals surface area contributed by atoms with E-state index in [0.717, 1.165) is 9.91 Å². The highest BCUT2D eigenvalue weighted by atomic mass is 16.5. The van der Waals surface area contributed by atoms with Crippen molar-refractivity contribution in [3.05, 3.63) is 154 Å². The molecule has 2 aliphatic heterocycles. The van der Waals surface area contributed by atoms with Crippen LogP contribution in [0.5, 0.6) is 23.0 Å². The maximum atomic E-state index is 12.9. The van der Waals surface area contributed by atoms with E-state index in [0.29, 0.717) is 11.1 Å². The molecule has 280 valence electrons. The quantitative estimate of drug-likeness (QED) is 0.0662. The minimum atomic E-state index is -0.756. The van der Waals surface area contributed by atoms with E-state index in [4.69, 9.17) is 24.8 Å². The number of rotatable bonds is 8. The van der Waals surface area contributed by atoms with Gasteiger partial charge in [-0.2, -0.15) is 0 Å². The highest BCUT2D eigenvalue weighted by molar-refractivity contribution is 6.22. The Kier molecular flexibility index (Phi) is 9.49. The topological polar surface area (TPSA) is 189 Å². The second kappa shape index (κ2) is 14.4. The number of carbonyl (C=O) groups excluding carboxylic acids is 7. The summed E-state index contributed by atoms with van der Waals surface area (Å²) >= 11 is 0. The van der Waals surface area contributed by atoms with E-state index in [2.05, 4.69) is 0 Å². The van der Waals surface area contributed by atoms with Crippen molar-refractivity contribution in [3.63, 3.8) is 0 Å². The predicted octanol–water partition coefficient (Wildman–Crippen LogP) is 5.79. The molecule has 2 aliphatic rings. The minimum Gasteiger partial charge on any atom is -0.423 e. The van der Waals surface area contributed by atoms with Crippen molar-refractivity contribution in [2.24, 2.45) is 5.84 Å². The molecule has 0 fully saturated rings. The first-order valence-electron chi connectivity index (χ1n) is 17.1. The number of nitrogens with zero attached hydrogens (tertiary/aromatic N) is 2. The fraction of sp³-hybridized carbons (Fsp3) is 0.119. The number of ether oxygens (including phenoxy) is 4. The smallest absolute Gasteiger partial charge is 0.343 e. The molecule has 3 amide bonds. The molecule has 0 saturated heterocycles. The van der Waals surface area contributed by atoms with E-state index in [-0.39, 0.29) is 68.8 Å². The van der Waals surface area contributed by atoms with E-state index in [1.54, 1.807) is 26.8 Å². The van der Waals surface area contributed by atoms with E-state index < -0.39 is 41.2 Å². The fourth-order valence-corrected chi connectivity index (χ4v) is 6.00. The lowest BCUT2D eigenvalue weighted by molar-refractivity contribution is 0.0505. The number of fused-ring (bicyclic) bond motifs is 2. The molecule has 5 aromatic carbocycles. The predicted molar refractivity (Wildman–Crippen MR) is 196 cm³/mol. The van der Waals surface area contributed by atoms with Crippen molar-refractivity contribution < 1.29 is 52.5 Å². The van der Waals surface area contributed by atoms with Gasteiger partial charge in [-0.25, -0.2) is 25.0 Å². The van der Waals surface area contributed by atoms with E-state index in [1.807, 2.05) is 0 Å². The van der Waals surface area contributed by atoms with Gasteiger partial charge < -0.3 is 18.9 Å². The maximum Gasteiger partial charge on any atom is 0.343 e. The first-order chi connectivity index (χ1) is 26.7. The molecular formula is C42H31N3O11. The molecule has 5 aromatic rings.